The monoisotopic (exact) mass is 562 g/mol. The zero-order valence-electron chi connectivity index (χ0n) is 16.6. The van der Waals surface area contributed by atoms with Crippen molar-refractivity contribution in [2.45, 2.75) is 36.0 Å². The summed E-state index contributed by atoms with van der Waals surface area (Å²) in [6, 6.07) is 11.9. The molecule has 0 amide bonds. The van der Waals surface area contributed by atoms with Crippen LogP contribution in [0.4, 0.5) is 4.39 Å². The van der Waals surface area contributed by atoms with E-state index < -0.39 is 15.8 Å². The van der Waals surface area contributed by atoms with Gasteiger partial charge in [-0.05, 0) is 103 Å². The van der Waals surface area contributed by atoms with E-state index in [1.165, 1.54) is 18.9 Å². The van der Waals surface area contributed by atoms with Gasteiger partial charge in [0.25, 0.3) is 0 Å². The van der Waals surface area contributed by atoms with Crippen LogP contribution in [0.5, 0.6) is 0 Å². The largest absolute Gasteiger partial charge is 0.303 e. The second-order valence-corrected chi connectivity index (χ2v) is 11.9. The third-order valence-electron chi connectivity index (χ3n) is 6.29. The molecule has 1 saturated carbocycles. The van der Waals surface area contributed by atoms with Crippen molar-refractivity contribution in [1.82, 2.24) is 9.62 Å². The predicted molar refractivity (Wildman–Crippen MR) is 126 cm³/mol. The van der Waals surface area contributed by atoms with Crippen molar-refractivity contribution in [3.63, 3.8) is 0 Å². The predicted octanol–water partition coefficient (Wildman–Crippen LogP) is 4.81. The Morgan fingerprint density at radius 2 is 1.80 bits per heavy atom. The van der Waals surface area contributed by atoms with Crippen LogP contribution in [-0.2, 0) is 15.4 Å². The van der Waals surface area contributed by atoms with Crippen LogP contribution in [0.15, 0.2) is 47.4 Å². The van der Waals surface area contributed by atoms with E-state index in [1.807, 2.05) is 0 Å². The lowest BCUT2D eigenvalue weighted by Gasteiger charge is -2.42. The summed E-state index contributed by atoms with van der Waals surface area (Å²) in [5.41, 5.74) is 0.898. The zero-order chi connectivity index (χ0) is 21.4. The Labute approximate surface area is 196 Å². The smallest absolute Gasteiger partial charge is 0.240 e. The Morgan fingerprint density at radius 3 is 2.40 bits per heavy atom. The zero-order valence-corrected chi connectivity index (χ0v) is 20.3. The molecule has 2 aromatic rings. The maximum absolute atomic E-state index is 13.5. The van der Waals surface area contributed by atoms with Crippen molar-refractivity contribution in [3.8, 4) is 0 Å². The fourth-order valence-electron chi connectivity index (χ4n) is 4.16. The molecule has 1 aliphatic heterocycles. The Morgan fingerprint density at radius 1 is 1.13 bits per heavy atom. The van der Waals surface area contributed by atoms with Crippen molar-refractivity contribution in [2.24, 2.45) is 5.92 Å². The molecule has 1 heterocycles. The van der Waals surface area contributed by atoms with Gasteiger partial charge >= 0.3 is 0 Å². The number of rotatable bonds is 7. The summed E-state index contributed by atoms with van der Waals surface area (Å²) in [7, 11) is -3.79. The highest BCUT2D eigenvalue weighted by molar-refractivity contribution is 14.1. The summed E-state index contributed by atoms with van der Waals surface area (Å²) in [4.78, 5) is 2.49. The van der Waals surface area contributed by atoms with E-state index >= 15 is 0 Å². The van der Waals surface area contributed by atoms with Crippen LogP contribution in [-0.4, -0.2) is 39.5 Å². The number of hydrogen-bond acceptors (Lipinski definition) is 3. The van der Waals surface area contributed by atoms with Crippen LogP contribution in [0.25, 0.3) is 0 Å². The molecule has 0 atom stereocenters. The lowest BCUT2D eigenvalue weighted by molar-refractivity contribution is 0.154. The number of piperidine rings is 1. The molecular weight excluding hydrogens is 538 g/mol. The van der Waals surface area contributed by atoms with E-state index in [1.54, 1.807) is 0 Å². The Kier molecular flexibility index (Phi) is 6.75. The van der Waals surface area contributed by atoms with E-state index in [0.717, 1.165) is 59.7 Å². The molecule has 1 N–H and O–H groups in total. The number of benzene rings is 2. The van der Waals surface area contributed by atoms with Gasteiger partial charge in [-0.15, -0.1) is 0 Å². The highest BCUT2D eigenvalue weighted by atomic mass is 127. The second kappa shape index (κ2) is 9.02. The molecule has 4 nitrogen and oxygen atoms in total. The number of halogens is 3. The molecule has 0 spiro atoms. The maximum Gasteiger partial charge on any atom is 0.240 e. The summed E-state index contributed by atoms with van der Waals surface area (Å²) in [5, 5.41) is -0.196. The highest BCUT2D eigenvalue weighted by Crippen LogP contribution is 2.38. The van der Waals surface area contributed by atoms with Gasteiger partial charge in [0.2, 0.25) is 10.0 Å². The summed E-state index contributed by atoms with van der Waals surface area (Å²) in [6.07, 6.45) is 4.46. The molecule has 1 saturated heterocycles. The van der Waals surface area contributed by atoms with Gasteiger partial charge < -0.3 is 4.90 Å². The molecule has 2 aliphatic rings. The molecule has 2 aromatic carbocycles. The quantitative estimate of drug-likeness (QED) is 0.493. The highest BCUT2D eigenvalue weighted by Gasteiger charge is 2.38. The van der Waals surface area contributed by atoms with Crippen molar-refractivity contribution in [3.05, 3.63) is 62.4 Å². The first-order valence-corrected chi connectivity index (χ1v) is 13.1. The average molecular weight is 563 g/mol. The summed E-state index contributed by atoms with van der Waals surface area (Å²) >= 11 is 8.08. The van der Waals surface area contributed by atoms with E-state index in [0.29, 0.717) is 6.54 Å². The van der Waals surface area contributed by atoms with E-state index in [-0.39, 0.29) is 15.3 Å². The second-order valence-electron chi connectivity index (χ2n) is 8.43. The van der Waals surface area contributed by atoms with Crippen LogP contribution < -0.4 is 4.72 Å². The molecule has 0 bridgehead atoms. The van der Waals surface area contributed by atoms with E-state index in [4.69, 9.17) is 11.6 Å². The molecule has 8 heteroatoms. The van der Waals surface area contributed by atoms with Crippen molar-refractivity contribution >= 4 is 44.2 Å². The molecule has 2 fully saturated rings. The fraction of sp³-hybridized carbons (Fsp3) is 0.455. The Balaban J connectivity index is 1.54. The summed E-state index contributed by atoms with van der Waals surface area (Å²) < 4.78 is 43.2. The first kappa shape index (κ1) is 22.5. The maximum atomic E-state index is 13.5. The minimum atomic E-state index is -3.79. The fourth-order valence-corrected chi connectivity index (χ4v) is 5.92. The summed E-state index contributed by atoms with van der Waals surface area (Å²) in [6.45, 7) is 3.39. The Hall–Kier alpha value is -0.740. The molecule has 1 aliphatic carbocycles. The van der Waals surface area contributed by atoms with Crippen molar-refractivity contribution in [1.29, 1.82) is 0 Å². The van der Waals surface area contributed by atoms with Gasteiger partial charge in [0.15, 0.2) is 0 Å². The van der Waals surface area contributed by atoms with Crippen molar-refractivity contribution in [2.75, 3.05) is 26.2 Å². The number of nitrogens with one attached hydrogen (secondary N) is 1. The van der Waals surface area contributed by atoms with Gasteiger partial charge in [0.1, 0.15) is 5.82 Å². The standard InChI is InChI=1S/C22H25ClFIN2O2S/c23-20-13-19(7-8-21(20)24)30(28,29)26-15-22(17-3-5-18(25)6-4-17)9-11-27(12-10-22)14-16-1-2-16/h3-8,13,16,26H,1-2,9-12,14-15H2. The molecule has 0 unspecified atom stereocenters. The number of sulfonamides is 1. The number of nitrogens with zero attached hydrogens (tertiary/aromatic N) is 1. The van der Waals surface area contributed by atoms with Crippen molar-refractivity contribution < 1.29 is 12.8 Å². The van der Waals surface area contributed by atoms with E-state index in [9.17, 15) is 12.8 Å². The SMILES string of the molecule is O=S(=O)(NCC1(c2ccc(I)cc2)CCN(CC2CC2)CC1)c1ccc(F)c(Cl)c1. The van der Waals surface area contributed by atoms with Crippen LogP contribution in [0.3, 0.4) is 0 Å². The molecule has 0 radical (unpaired) electrons. The summed E-state index contributed by atoms with van der Waals surface area (Å²) in [5.74, 6) is 0.214. The molecule has 0 aromatic heterocycles. The van der Waals surface area contributed by atoms with Crippen LogP contribution in [0.1, 0.15) is 31.2 Å². The first-order valence-electron chi connectivity index (χ1n) is 10.2. The van der Waals surface area contributed by atoms with Gasteiger partial charge in [-0.25, -0.2) is 17.5 Å². The lowest BCUT2D eigenvalue weighted by Crippen LogP contribution is -2.49. The molecule has 4 rings (SSSR count). The van der Waals surface area contributed by atoms with Gasteiger partial charge in [0, 0.05) is 22.1 Å². The van der Waals surface area contributed by atoms with E-state index in [2.05, 4.69) is 56.5 Å². The molecular formula is C22H25ClFIN2O2S. The average Bonchev–Trinajstić information content (AvgIpc) is 3.54. The van der Waals surface area contributed by atoms with Gasteiger partial charge in [-0.3, -0.25) is 0 Å². The molecule has 30 heavy (non-hydrogen) atoms. The van der Waals surface area contributed by atoms with Gasteiger partial charge in [-0.1, -0.05) is 23.7 Å². The third kappa shape index (κ3) is 5.18. The number of likely N-dealkylation sites (tertiary alicyclic amines) is 1. The molecule has 162 valence electrons. The first-order chi connectivity index (χ1) is 14.3. The Bertz CT molecular complexity index is 1000. The van der Waals surface area contributed by atoms with Crippen LogP contribution in [0, 0.1) is 15.3 Å². The minimum absolute atomic E-state index is 0.0159. The van der Waals surface area contributed by atoms with Crippen LogP contribution in [0.2, 0.25) is 5.02 Å². The number of hydrogen-bond donors (Lipinski definition) is 1. The van der Waals surface area contributed by atoms with Gasteiger partial charge in [0.05, 0.1) is 9.92 Å². The van der Waals surface area contributed by atoms with Gasteiger partial charge in [-0.2, -0.15) is 0 Å². The minimum Gasteiger partial charge on any atom is -0.303 e. The third-order valence-corrected chi connectivity index (χ3v) is 8.69. The normalized spacial score (nSPS) is 19.7. The lowest BCUT2D eigenvalue weighted by atomic mass is 9.73. The topological polar surface area (TPSA) is 49.4 Å². The van der Waals surface area contributed by atoms with Crippen LogP contribution >= 0.6 is 34.2 Å².